The van der Waals surface area contributed by atoms with E-state index >= 15 is 0 Å². The molecule has 3 rings (SSSR count). The number of nitrogens with zero attached hydrogens (tertiary/aromatic N) is 2. The van der Waals surface area contributed by atoms with Gasteiger partial charge < -0.3 is 14.4 Å². The normalized spacial score (nSPS) is 10.6. The van der Waals surface area contributed by atoms with Gasteiger partial charge in [-0.25, -0.2) is 0 Å². The third-order valence-electron chi connectivity index (χ3n) is 3.21. The van der Waals surface area contributed by atoms with Crippen molar-refractivity contribution in [2.24, 2.45) is 0 Å². The highest BCUT2D eigenvalue weighted by Gasteiger charge is 2.12. The molecule has 0 bridgehead atoms. The molecule has 5 nitrogen and oxygen atoms in total. The Morgan fingerprint density at radius 3 is 2.71 bits per heavy atom. The molecule has 0 fully saturated rings. The van der Waals surface area contributed by atoms with E-state index in [0.717, 1.165) is 16.9 Å². The van der Waals surface area contributed by atoms with Crippen molar-refractivity contribution in [3.63, 3.8) is 0 Å². The molecule has 3 aromatic rings. The fourth-order valence-corrected chi connectivity index (χ4v) is 1.96. The van der Waals surface area contributed by atoms with Crippen LogP contribution in [0, 0.1) is 6.92 Å². The molecule has 0 aliphatic heterocycles. The predicted octanol–water partition coefficient (Wildman–Crippen LogP) is 3.43. The van der Waals surface area contributed by atoms with Crippen molar-refractivity contribution in [3.8, 4) is 34.3 Å². The number of phenolic OH excluding ortho intramolecular Hbond substituents is 1. The third kappa shape index (κ3) is 2.58. The molecule has 0 saturated carbocycles. The maximum Gasteiger partial charge on any atom is 0.258 e. The van der Waals surface area contributed by atoms with Crippen LogP contribution < -0.4 is 4.74 Å². The largest absolute Gasteiger partial charge is 0.508 e. The fraction of sp³-hybridized carbons (Fsp3) is 0.125. The van der Waals surface area contributed by atoms with Crippen LogP contribution >= 0.6 is 0 Å². The quantitative estimate of drug-likeness (QED) is 0.797. The lowest BCUT2D eigenvalue weighted by Gasteiger charge is -2.00. The van der Waals surface area contributed by atoms with Gasteiger partial charge in [-0.15, -0.1) is 0 Å². The van der Waals surface area contributed by atoms with Crippen molar-refractivity contribution in [1.29, 1.82) is 0 Å². The summed E-state index contributed by atoms with van der Waals surface area (Å²) in [4.78, 5) is 4.35. The average molecular weight is 282 g/mol. The first-order valence-corrected chi connectivity index (χ1v) is 6.45. The van der Waals surface area contributed by atoms with Crippen LogP contribution in [-0.4, -0.2) is 22.4 Å². The van der Waals surface area contributed by atoms with Gasteiger partial charge in [0.1, 0.15) is 11.5 Å². The SMILES string of the molecule is COc1cccc(-c2noc(-c3ccc(C)c(O)c3)n2)c1. The number of phenols is 1. The van der Waals surface area contributed by atoms with Crippen molar-refractivity contribution >= 4 is 0 Å². The number of rotatable bonds is 3. The predicted molar refractivity (Wildman–Crippen MR) is 78.1 cm³/mol. The molecule has 0 saturated heterocycles. The topological polar surface area (TPSA) is 68.4 Å². The van der Waals surface area contributed by atoms with Gasteiger partial charge in [-0.2, -0.15) is 4.98 Å². The van der Waals surface area contributed by atoms with Crippen LogP contribution in [-0.2, 0) is 0 Å². The van der Waals surface area contributed by atoms with Gasteiger partial charge in [-0.05, 0) is 36.8 Å². The van der Waals surface area contributed by atoms with Gasteiger partial charge in [0.05, 0.1) is 7.11 Å². The number of hydrogen-bond acceptors (Lipinski definition) is 5. The second kappa shape index (κ2) is 5.28. The number of aromatic nitrogens is 2. The fourth-order valence-electron chi connectivity index (χ4n) is 1.96. The van der Waals surface area contributed by atoms with Crippen LogP contribution in [0.3, 0.4) is 0 Å². The summed E-state index contributed by atoms with van der Waals surface area (Å²) in [6.07, 6.45) is 0. The van der Waals surface area contributed by atoms with E-state index in [2.05, 4.69) is 10.1 Å². The zero-order valence-electron chi connectivity index (χ0n) is 11.7. The highest BCUT2D eigenvalue weighted by atomic mass is 16.5. The zero-order chi connectivity index (χ0) is 14.8. The Hall–Kier alpha value is -2.82. The smallest absolute Gasteiger partial charge is 0.258 e. The lowest BCUT2D eigenvalue weighted by molar-refractivity contribution is 0.414. The molecule has 1 aromatic heterocycles. The standard InChI is InChI=1S/C16H14N2O3/c1-10-6-7-12(9-14(10)19)16-17-15(18-21-16)11-4-3-5-13(8-11)20-2/h3-9,19H,1-2H3. The summed E-state index contributed by atoms with van der Waals surface area (Å²) >= 11 is 0. The maximum atomic E-state index is 9.75. The van der Waals surface area contributed by atoms with Gasteiger partial charge in [0, 0.05) is 11.1 Å². The van der Waals surface area contributed by atoms with E-state index in [-0.39, 0.29) is 5.75 Å². The van der Waals surface area contributed by atoms with Crippen LogP contribution in [0.5, 0.6) is 11.5 Å². The van der Waals surface area contributed by atoms with Crippen LogP contribution in [0.2, 0.25) is 0 Å². The van der Waals surface area contributed by atoms with Gasteiger partial charge >= 0.3 is 0 Å². The van der Waals surface area contributed by atoms with Crippen molar-refractivity contribution in [1.82, 2.24) is 10.1 Å². The van der Waals surface area contributed by atoms with E-state index in [4.69, 9.17) is 9.26 Å². The minimum Gasteiger partial charge on any atom is -0.508 e. The van der Waals surface area contributed by atoms with Crippen LogP contribution in [0.4, 0.5) is 0 Å². The highest BCUT2D eigenvalue weighted by Crippen LogP contribution is 2.27. The molecule has 0 aliphatic rings. The van der Waals surface area contributed by atoms with Crippen molar-refractivity contribution < 1.29 is 14.4 Å². The third-order valence-corrected chi connectivity index (χ3v) is 3.21. The van der Waals surface area contributed by atoms with E-state index < -0.39 is 0 Å². The molecule has 2 aromatic carbocycles. The molecular formula is C16H14N2O3. The van der Waals surface area contributed by atoms with Crippen LogP contribution in [0.15, 0.2) is 47.0 Å². The first kappa shape index (κ1) is 13.2. The minimum absolute atomic E-state index is 0.202. The van der Waals surface area contributed by atoms with Crippen LogP contribution in [0.1, 0.15) is 5.56 Å². The first-order chi connectivity index (χ1) is 10.2. The monoisotopic (exact) mass is 282 g/mol. The van der Waals surface area contributed by atoms with E-state index in [9.17, 15) is 5.11 Å². The number of aryl methyl sites for hydroxylation is 1. The summed E-state index contributed by atoms with van der Waals surface area (Å²) in [5, 5.41) is 13.7. The number of methoxy groups -OCH3 is 1. The van der Waals surface area contributed by atoms with Gasteiger partial charge in [0.2, 0.25) is 5.82 Å². The number of aromatic hydroxyl groups is 1. The average Bonchev–Trinajstić information content (AvgIpc) is 3.00. The Kier molecular flexibility index (Phi) is 3.31. The molecule has 106 valence electrons. The molecule has 0 amide bonds. The molecular weight excluding hydrogens is 268 g/mol. The maximum absolute atomic E-state index is 9.75. The Labute approximate surface area is 121 Å². The van der Waals surface area contributed by atoms with Crippen molar-refractivity contribution in [2.75, 3.05) is 7.11 Å². The molecule has 21 heavy (non-hydrogen) atoms. The van der Waals surface area contributed by atoms with Gasteiger partial charge in [-0.3, -0.25) is 0 Å². The number of hydrogen-bond donors (Lipinski definition) is 1. The second-order valence-corrected chi connectivity index (χ2v) is 4.66. The van der Waals surface area contributed by atoms with E-state index in [1.165, 1.54) is 0 Å². The molecule has 0 unspecified atom stereocenters. The molecule has 1 N–H and O–H groups in total. The summed E-state index contributed by atoms with van der Waals surface area (Å²) < 4.78 is 10.4. The summed E-state index contributed by atoms with van der Waals surface area (Å²) in [5.41, 5.74) is 2.28. The van der Waals surface area contributed by atoms with Gasteiger partial charge in [0.25, 0.3) is 5.89 Å². The lowest BCUT2D eigenvalue weighted by Crippen LogP contribution is -1.85. The summed E-state index contributed by atoms with van der Waals surface area (Å²) in [7, 11) is 1.61. The van der Waals surface area contributed by atoms with Crippen LogP contribution in [0.25, 0.3) is 22.8 Å². The summed E-state index contributed by atoms with van der Waals surface area (Å²) in [6, 6.07) is 12.7. The summed E-state index contributed by atoms with van der Waals surface area (Å²) in [5.74, 6) is 1.77. The Balaban J connectivity index is 1.97. The Morgan fingerprint density at radius 1 is 1.10 bits per heavy atom. The molecule has 0 aliphatic carbocycles. The van der Waals surface area contributed by atoms with Gasteiger partial charge in [-0.1, -0.05) is 23.4 Å². The lowest BCUT2D eigenvalue weighted by atomic mass is 10.1. The van der Waals surface area contributed by atoms with E-state index in [0.29, 0.717) is 17.3 Å². The molecule has 5 heteroatoms. The highest BCUT2D eigenvalue weighted by molar-refractivity contribution is 5.62. The Bertz CT molecular complexity index is 781. The number of benzene rings is 2. The Morgan fingerprint density at radius 2 is 1.95 bits per heavy atom. The first-order valence-electron chi connectivity index (χ1n) is 6.45. The minimum atomic E-state index is 0.202. The number of ether oxygens (including phenoxy) is 1. The molecule has 0 radical (unpaired) electrons. The van der Waals surface area contributed by atoms with Crippen molar-refractivity contribution in [2.45, 2.75) is 6.92 Å². The van der Waals surface area contributed by atoms with Gasteiger partial charge in [0.15, 0.2) is 0 Å². The van der Waals surface area contributed by atoms with E-state index in [1.807, 2.05) is 37.3 Å². The molecule has 0 atom stereocenters. The zero-order valence-corrected chi connectivity index (χ0v) is 11.7. The summed E-state index contributed by atoms with van der Waals surface area (Å²) in [6.45, 7) is 1.83. The van der Waals surface area contributed by atoms with Crippen molar-refractivity contribution in [3.05, 3.63) is 48.0 Å². The molecule has 1 heterocycles. The van der Waals surface area contributed by atoms with E-state index in [1.54, 1.807) is 19.2 Å². The second-order valence-electron chi connectivity index (χ2n) is 4.66. The molecule has 0 spiro atoms.